The monoisotopic (exact) mass is 334 g/mol. The molecule has 0 bridgehead atoms. The fourth-order valence-corrected chi connectivity index (χ4v) is 2.30. The highest BCUT2D eigenvalue weighted by Gasteiger charge is 2.04. The molecule has 1 rings (SSSR count). The number of benzene rings is 1. The molecule has 4 nitrogen and oxygen atoms in total. The summed E-state index contributed by atoms with van der Waals surface area (Å²) in [5, 5.41) is 0. The Hall–Kier alpha value is -0.880. The van der Waals surface area contributed by atoms with Crippen molar-refractivity contribution in [3.8, 4) is 11.5 Å². The van der Waals surface area contributed by atoms with E-state index in [0.29, 0.717) is 12.4 Å². The van der Waals surface area contributed by atoms with E-state index >= 15 is 0 Å². The van der Waals surface area contributed by atoms with Crippen LogP contribution in [0.25, 0.3) is 0 Å². The van der Waals surface area contributed by atoms with Crippen molar-refractivity contribution in [3.05, 3.63) is 24.3 Å². The lowest BCUT2D eigenvalue weighted by atomic mass is 10.1. The summed E-state index contributed by atoms with van der Waals surface area (Å²) in [7, 11) is -3.46. The van der Waals surface area contributed by atoms with Crippen molar-refractivity contribution in [2.45, 2.75) is 45.4 Å². The number of unbranched alkanes of at least 4 members (excludes halogenated alkanes) is 5. The second kappa shape index (κ2) is 10.8. The normalized spacial score (nSPS) is 10.8. The summed E-state index contributed by atoms with van der Waals surface area (Å²) in [6.07, 6.45) is 8.39. The molecule has 0 aliphatic carbocycles. The van der Waals surface area contributed by atoms with Crippen LogP contribution >= 0.6 is 13.5 Å². The highest BCUT2D eigenvalue weighted by Crippen LogP contribution is 2.19. The number of rotatable bonds is 10. The van der Waals surface area contributed by atoms with Crippen LogP contribution in [0.2, 0.25) is 0 Å². The highest BCUT2D eigenvalue weighted by atomic mass is 32.2. The summed E-state index contributed by atoms with van der Waals surface area (Å²) in [5.41, 5.74) is 0. The largest absolute Gasteiger partial charge is 0.494 e. The molecule has 0 spiro atoms. The van der Waals surface area contributed by atoms with E-state index in [4.69, 9.17) is 8.92 Å². The fourth-order valence-electron chi connectivity index (χ4n) is 1.84. The van der Waals surface area contributed by atoms with Crippen LogP contribution in [0.1, 0.15) is 45.4 Å². The third-order valence-corrected chi connectivity index (χ3v) is 3.33. The van der Waals surface area contributed by atoms with Crippen LogP contribution in [0.5, 0.6) is 11.5 Å². The molecule has 0 amide bonds. The van der Waals surface area contributed by atoms with Gasteiger partial charge in [-0.3, -0.25) is 0 Å². The summed E-state index contributed by atoms with van der Waals surface area (Å²) < 4.78 is 32.2. The zero-order chi connectivity index (χ0) is 14.8. The molecule has 0 fully saturated rings. The molecule has 0 aliphatic rings. The highest BCUT2D eigenvalue weighted by molar-refractivity contribution is 7.86. The van der Waals surface area contributed by atoms with Gasteiger partial charge in [-0.05, 0) is 30.7 Å². The lowest BCUT2D eigenvalue weighted by Crippen LogP contribution is -2.05. The molecular formula is C15H26O4S2. The van der Waals surface area contributed by atoms with Crippen LogP contribution in [0.4, 0.5) is 0 Å². The lowest BCUT2D eigenvalue weighted by molar-refractivity contribution is 0.304. The zero-order valence-corrected chi connectivity index (χ0v) is 14.6. The summed E-state index contributed by atoms with van der Waals surface area (Å²) in [5.74, 6) is 1.04. The van der Waals surface area contributed by atoms with E-state index in [2.05, 4.69) is 6.92 Å². The fraction of sp³-hybridized carbons (Fsp3) is 0.600. The number of hydrogen-bond acceptors (Lipinski definition) is 4. The molecule has 6 heteroatoms. The summed E-state index contributed by atoms with van der Waals surface area (Å²) in [6.45, 7) is 2.90. The van der Waals surface area contributed by atoms with Gasteiger partial charge in [0, 0.05) is 0 Å². The molecule has 21 heavy (non-hydrogen) atoms. The van der Waals surface area contributed by atoms with E-state index in [1.807, 2.05) is 0 Å². The van der Waals surface area contributed by atoms with Gasteiger partial charge in [-0.2, -0.15) is 21.9 Å². The summed E-state index contributed by atoms with van der Waals surface area (Å²) >= 11 is 0. The first-order chi connectivity index (χ1) is 9.51. The van der Waals surface area contributed by atoms with Crippen LogP contribution in [0.3, 0.4) is 0 Å². The molecule has 0 N–H and O–H groups in total. The predicted molar refractivity (Wildman–Crippen MR) is 91.2 cm³/mol. The third-order valence-electron chi connectivity index (χ3n) is 2.84. The van der Waals surface area contributed by atoms with E-state index in [-0.39, 0.29) is 13.5 Å². The minimum atomic E-state index is -3.46. The third kappa shape index (κ3) is 10.5. The average Bonchev–Trinajstić information content (AvgIpc) is 2.38. The van der Waals surface area contributed by atoms with Crippen molar-refractivity contribution in [1.29, 1.82) is 0 Å². The lowest BCUT2D eigenvalue weighted by Gasteiger charge is -2.07. The summed E-state index contributed by atoms with van der Waals surface area (Å²) in [6, 6.07) is 6.63. The quantitative estimate of drug-likeness (QED) is 0.481. The Morgan fingerprint density at radius 1 is 0.905 bits per heavy atom. The van der Waals surface area contributed by atoms with Gasteiger partial charge in [0.1, 0.15) is 11.5 Å². The van der Waals surface area contributed by atoms with Gasteiger partial charge >= 0.3 is 10.1 Å². The van der Waals surface area contributed by atoms with Crippen molar-refractivity contribution in [3.63, 3.8) is 0 Å². The Bertz CT molecular complexity index is 469. The maximum absolute atomic E-state index is 11.0. The molecule has 1 aromatic rings. The molecule has 0 aliphatic heterocycles. The SMILES string of the molecule is CCCCCCCCOc1ccc(OS(C)(=O)=O)cc1.S. The molecule has 0 heterocycles. The number of ether oxygens (including phenoxy) is 1. The maximum atomic E-state index is 11.0. The van der Waals surface area contributed by atoms with E-state index < -0.39 is 10.1 Å². The molecule has 0 saturated heterocycles. The average molecular weight is 335 g/mol. The van der Waals surface area contributed by atoms with Crippen molar-refractivity contribution in [2.24, 2.45) is 0 Å². The van der Waals surface area contributed by atoms with Gasteiger partial charge in [-0.1, -0.05) is 39.0 Å². The zero-order valence-electron chi connectivity index (χ0n) is 12.8. The molecule has 0 atom stereocenters. The Balaban J connectivity index is 0.00000400. The molecule has 0 unspecified atom stereocenters. The number of hydrogen-bond donors (Lipinski definition) is 0. The summed E-state index contributed by atoms with van der Waals surface area (Å²) in [4.78, 5) is 0. The standard InChI is InChI=1S/C15H24O4S.H2S/c1-3-4-5-6-7-8-13-18-14-9-11-15(12-10-14)19-20(2,16)17;/h9-12H,3-8,13H2,1-2H3;1H2. The Morgan fingerprint density at radius 2 is 1.43 bits per heavy atom. The Labute approximate surface area is 135 Å². The smallest absolute Gasteiger partial charge is 0.306 e. The first-order valence-electron chi connectivity index (χ1n) is 7.13. The van der Waals surface area contributed by atoms with Crippen LogP contribution in [0.15, 0.2) is 24.3 Å². The molecule has 1 aromatic carbocycles. The van der Waals surface area contributed by atoms with Gasteiger partial charge in [-0.15, -0.1) is 0 Å². The van der Waals surface area contributed by atoms with E-state index in [9.17, 15) is 8.42 Å². The van der Waals surface area contributed by atoms with Gasteiger partial charge in [0.05, 0.1) is 12.9 Å². The van der Waals surface area contributed by atoms with Crippen molar-refractivity contribution >= 4 is 23.6 Å². The van der Waals surface area contributed by atoms with Gasteiger partial charge in [-0.25, -0.2) is 0 Å². The molecular weight excluding hydrogens is 308 g/mol. The van der Waals surface area contributed by atoms with Crippen molar-refractivity contribution in [2.75, 3.05) is 12.9 Å². The molecule has 0 aromatic heterocycles. The van der Waals surface area contributed by atoms with Gasteiger partial charge < -0.3 is 8.92 Å². The van der Waals surface area contributed by atoms with Crippen LogP contribution in [-0.4, -0.2) is 21.3 Å². The second-order valence-electron chi connectivity index (χ2n) is 4.88. The van der Waals surface area contributed by atoms with Crippen molar-refractivity contribution < 1.29 is 17.3 Å². The first-order valence-corrected chi connectivity index (χ1v) is 8.95. The van der Waals surface area contributed by atoms with Crippen LogP contribution < -0.4 is 8.92 Å². The molecule has 0 radical (unpaired) electrons. The molecule has 0 saturated carbocycles. The molecule has 122 valence electrons. The maximum Gasteiger partial charge on any atom is 0.306 e. The van der Waals surface area contributed by atoms with E-state index in [1.165, 1.54) is 32.1 Å². The van der Waals surface area contributed by atoms with Gasteiger partial charge in [0.15, 0.2) is 0 Å². The minimum Gasteiger partial charge on any atom is -0.494 e. The van der Waals surface area contributed by atoms with Crippen LogP contribution in [-0.2, 0) is 10.1 Å². The predicted octanol–water partition coefficient (Wildman–Crippen LogP) is 3.88. The van der Waals surface area contributed by atoms with Crippen molar-refractivity contribution in [1.82, 2.24) is 0 Å². The van der Waals surface area contributed by atoms with E-state index in [0.717, 1.165) is 18.4 Å². The van der Waals surface area contributed by atoms with Gasteiger partial charge in [0.25, 0.3) is 0 Å². The van der Waals surface area contributed by atoms with Gasteiger partial charge in [0.2, 0.25) is 0 Å². The van der Waals surface area contributed by atoms with Crippen LogP contribution in [0, 0.1) is 0 Å². The second-order valence-corrected chi connectivity index (χ2v) is 6.45. The Kier molecular flexibility index (Phi) is 10.3. The van der Waals surface area contributed by atoms with E-state index in [1.54, 1.807) is 24.3 Å². The minimum absolute atomic E-state index is 0. The topological polar surface area (TPSA) is 52.6 Å². The Morgan fingerprint density at radius 3 is 2.00 bits per heavy atom. The first kappa shape index (κ1) is 20.1.